The number of carbonyl (C=O) groups excluding carboxylic acids is 1. The summed E-state index contributed by atoms with van der Waals surface area (Å²) >= 11 is 3.54. The van der Waals surface area contributed by atoms with Gasteiger partial charge in [0.1, 0.15) is 0 Å². The van der Waals surface area contributed by atoms with Crippen LogP contribution in [0.2, 0.25) is 0 Å². The normalized spacial score (nSPS) is 24.3. The number of carbonyl (C=O) groups is 1. The summed E-state index contributed by atoms with van der Waals surface area (Å²) < 4.78 is 0. The van der Waals surface area contributed by atoms with Crippen LogP contribution in [0.5, 0.6) is 0 Å². The van der Waals surface area contributed by atoms with Crippen LogP contribution in [-0.4, -0.2) is 41.6 Å². The van der Waals surface area contributed by atoms with Crippen LogP contribution in [0.25, 0.3) is 0 Å². The molecule has 2 N–H and O–H groups in total. The number of thioether (sulfide) groups is 2. The number of amides is 1. The molecule has 1 heterocycles. The van der Waals surface area contributed by atoms with Crippen molar-refractivity contribution in [2.75, 3.05) is 24.4 Å². The van der Waals surface area contributed by atoms with Gasteiger partial charge in [-0.25, -0.2) is 0 Å². The van der Waals surface area contributed by atoms with Gasteiger partial charge < -0.3 is 5.32 Å². The van der Waals surface area contributed by atoms with Gasteiger partial charge in [-0.15, -0.1) is 11.8 Å². The summed E-state index contributed by atoms with van der Waals surface area (Å²) in [7, 11) is 0. The molecule has 0 radical (unpaired) electrons. The van der Waals surface area contributed by atoms with Crippen molar-refractivity contribution in [2.24, 2.45) is 0 Å². The number of hydrogen-bond donors (Lipinski definition) is 2. The second-order valence-electron chi connectivity index (χ2n) is 3.06. The predicted octanol–water partition coefficient (Wildman–Crippen LogP) is 0.517. The zero-order valence-corrected chi connectivity index (χ0v) is 9.63. The van der Waals surface area contributed by atoms with Crippen molar-refractivity contribution < 1.29 is 4.79 Å². The molecule has 1 rings (SSSR count). The lowest BCUT2D eigenvalue weighted by atomic mass is 10.3. The van der Waals surface area contributed by atoms with Crippen molar-refractivity contribution in [1.82, 2.24) is 10.6 Å². The Bertz CT molecular complexity index is 172. The second-order valence-corrected chi connectivity index (χ2v) is 5.37. The Morgan fingerprint density at radius 1 is 1.85 bits per heavy atom. The standard InChI is InChI=1S/C8H16N2OS2/c1-6(12-2)3-9-8(11)7-4-13-5-10-7/h6-7,10H,3-5H2,1-2H3,(H,9,11)/t6-,7-/m0/s1. The third-order valence-corrected chi connectivity index (χ3v) is 3.91. The molecule has 2 atom stereocenters. The summed E-state index contributed by atoms with van der Waals surface area (Å²) in [4.78, 5) is 11.5. The van der Waals surface area contributed by atoms with Crippen molar-refractivity contribution in [3.8, 4) is 0 Å². The van der Waals surface area contributed by atoms with Crippen LogP contribution in [0, 0.1) is 0 Å². The molecular formula is C8H16N2OS2. The number of rotatable bonds is 4. The van der Waals surface area contributed by atoms with E-state index in [1.165, 1.54) is 0 Å². The molecule has 1 saturated heterocycles. The molecule has 0 saturated carbocycles. The van der Waals surface area contributed by atoms with E-state index in [9.17, 15) is 4.79 Å². The van der Waals surface area contributed by atoms with Crippen LogP contribution in [0.4, 0.5) is 0 Å². The minimum atomic E-state index is 0.0269. The first kappa shape index (κ1) is 11.2. The summed E-state index contributed by atoms with van der Waals surface area (Å²) in [6, 6.07) is 0.0269. The van der Waals surface area contributed by atoms with E-state index >= 15 is 0 Å². The first-order chi connectivity index (χ1) is 6.24. The summed E-state index contributed by atoms with van der Waals surface area (Å²) in [5.41, 5.74) is 0. The molecular weight excluding hydrogens is 204 g/mol. The van der Waals surface area contributed by atoms with E-state index in [-0.39, 0.29) is 11.9 Å². The lowest BCUT2D eigenvalue weighted by molar-refractivity contribution is -0.122. The minimum absolute atomic E-state index is 0.0269. The topological polar surface area (TPSA) is 41.1 Å². The summed E-state index contributed by atoms with van der Waals surface area (Å²) in [6.45, 7) is 2.88. The largest absolute Gasteiger partial charge is 0.354 e. The van der Waals surface area contributed by atoms with Gasteiger partial charge in [0.05, 0.1) is 6.04 Å². The quantitative estimate of drug-likeness (QED) is 0.724. The van der Waals surface area contributed by atoms with Crippen LogP contribution < -0.4 is 10.6 Å². The zero-order valence-electron chi connectivity index (χ0n) is 8.00. The van der Waals surface area contributed by atoms with E-state index in [0.717, 1.165) is 18.2 Å². The Morgan fingerprint density at radius 2 is 2.62 bits per heavy atom. The van der Waals surface area contributed by atoms with Crippen molar-refractivity contribution in [2.45, 2.75) is 18.2 Å². The average Bonchev–Trinajstić information content (AvgIpc) is 2.66. The molecule has 0 unspecified atom stereocenters. The molecule has 0 aliphatic carbocycles. The smallest absolute Gasteiger partial charge is 0.238 e. The van der Waals surface area contributed by atoms with Crippen molar-refractivity contribution >= 4 is 29.4 Å². The highest BCUT2D eigenvalue weighted by molar-refractivity contribution is 7.99. The highest BCUT2D eigenvalue weighted by Gasteiger charge is 2.22. The fraction of sp³-hybridized carbons (Fsp3) is 0.875. The maximum absolute atomic E-state index is 11.5. The number of hydrogen-bond acceptors (Lipinski definition) is 4. The zero-order chi connectivity index (χ0) is 9.68. The van der Waals surface area contributed by atoms with Gasteiger partial charge in [0.25, 0.3) is 0 Å². The highest BCUT2D eigenvalue weighted by Crippen LogP contribution is 2.09. The molecule has 3 nitrogen and oxygen atoms in total. The maximum atomic E-state index is 11.5. The molecule has 76 valence electrons. The van der Waals surface area contributed by atoms with Crippen LogP contribution in [0.1, 0.15) is 6.92 Å². The molecule has 0 bridgehead atoms. The minimum Gasteiger partial charge on any atom is -0.354 e. The monoisotopic (exact) mass is 220 g/mol. The van der Waals surface area contributed by atoms with Crippen molar-refractivity contribution in [1.29, 1.82) is 0 Å². The molecule has 1 aliphatic rings. The first-order valence-corrected chi connectivity index (χ1v) is 6.80. The molecule has 0 aromatic carbocycles. The predicted molar refractivity (Wildman–Crippen MR) is 60.2 cm³/mol. The lowest BCUT2D eigenvalue weighted by Gasteiger charge is -2.13. The Morgan fingerprint density at radius 3 is 3.15 bits per heavy atom. The van der Waals surface area contributed by atoms with Crippen LogP contribution >= 0.6 is 23.5 Å². The average molecular weight is 220 g/mol. The van der Waals surface area contributed by atoms with Crippen molar-refractivity contribution in [3.63, 3.8) is 0 Å². The SMILES string of the molecule is CS[C@@H](C)CNC(=O)[C@@H]1CSCN1. The van der Waals surface area contributed by atoms with Gasteiger partial charge >= 0.3 is 0 Å². The molecule has 13 heavy (non-hydrogen) atoms. The fourth-order valence-corrected chi connectivity index (χ4v) is 2.21. The van der Waals surface area contributed by atoms with Gasteiger partial charge in [-0.3, -0.25) is 10.1 Å². The molecule has 0 spiro atoms. The number of nitrogens with one attached hydrogen (secondary N) is 2. The van der Waals surface area contributed by atoms with Crippen LogP contribution in [0.3, 0.4) is 0 Å². The molecule has 1 fully saturated rings. The Balaban J connectivity index is 2.16. The summed E-state index contributed by atoms with van der Waals surface area (Å²) in [5, 5.41) is 6.58. The maximum Gasteiger partial charge on any atom is 0.238 e. The highest BCUT2D eigenvalue weighted by atomic mass is 32.2. The van der Waals surface area contributed by atoms with Gasteiger partial charge in [0.2, 0.25) is 5.91 Å². The van der Waals surface area contributed by atoms with E-state index in [4.69, 9.17) is 0 Å². The third kappa shape index (κ3) is 3.79. The Labute approximate surface area is 87.8 Å². The van der Waals surface area contributed by atoms with E-state index in [2.05, 4.69) is 23.8 Å². The van der Waals surface area contributed by atoms with Crippen LogP contribution in [-0.2, 0) is 4.79 Å². The van der Waals surface area contributed by atoms with E-state index in [1.54, 1.807) is 23.5 Å². The third-order valence-electron chi connectivity index (χ3n) is 2.00. The molecule has 1 amide bonds. The van der Waals surface area contributed by atoms with E-state index in [1.807, 2.05) is 0 Å². The Kier molecular flexibility index (Phi) is 4.98. The van der Waals surface area contributed by atoms with Gasteiger partial charge in [-0.2, -0.15) is 11.8 Å². The van der Waals surface area contributed by atoms with E-state index < -0.39 is 0 Å². The van der Waals surface area contributed by atoms with Gasteiger partial charge in [-0.1, -0.05) is 6.92 Å². The summed E-state index contributed by atoms with van der Waals surface area (Å²) in [6.07, 6.45) is 2.06. The van der Waals surface area contributed by atoms with Gasteiger partial charge in [0, 0.05) is 23.4 Å². The second kappa shape index (κ2) is 5.78. The molecule has 5 heteroatoms. The van der Waals surface area contributed by atoms with Crippen LogP contribution in [0.15, 0.2) is 0 Å². The fourth-order valence-electron chi connectivity index (χ4n) is 1.01. The molecule has 0 aromatic rings. The Hall–Kier alpha value is 0.130. The lowest BCUT2D eigenvalue weighted by Crippen LogP contribution is -2.43. The molecule has 1 aliphatic heterocycles. The van der Waals surface area contributed by atoms with Gasteiger partial charge in [0.15, 0.2) is 0 Å². The molecule has 0 aromatic heterocycles. The van der Waals surface area contributed by atoms with Crippen molar-refractivity contribution in [3.05, 3.63) is 0 Å². The summed E-state index contributed by atoms with van der Waals surface area (Å²) in [5.74, 6) is 1.95. The van der Waals surface area contributed by atoms with Gasteiger partial charge in [-0.05, 0) is 6.26 Å². The first-order valence-electron chi connectivity index (χ1n) is 4.35. The van der Waals surface area contributed by atoms with E-state index in [0.29, 0.717) is 5.25 Å².